The molecule has 0 aromatic heterocycles. The van der Waals surface area contributed by atoms with Crippen molar-refractivity contribution in [2.24, 2.45) is 42.3 Å². The molecule has 0 aliphatic carbocycles. The molecule has 0 atom stereocenters. The molecule has 2 heterocycles. The summed E-state index contributed by atoms with van der Waals surface area (Å²) in [6, 6.07) is 0. The average Bonchev–Trinajstić information content (AvgIpc) is 2.87. The van der Waals surface area contributed by atoms with Gasteiger partial charge >= 0.3 is 0 Å². The Kier molecular flexibility index (Phi) is 7.91. The largest absolute Gasteiger partial charge is 0.243 e. The topological polar surface area (TPSA) is 74.2 Å². The van der Waals surface area contributed by atoms with Crippen LogP contribution in [0.3, 0.4) is 0 Å². The van der Waals surface area contributed by atoms with Gasteiger partial charge < -0.3 is 0 Å². The maximum Gasteiger partial charge on any atom is 0.152 e. The summed E-state index contributed by atoms with van der Waals surface area (Å²) in [5.41, 5.74) is 0. The third kappa shape index (κ3) is 6.32. The number of nitrogens with zero attached hydrogens (tertiary/aromatic N) is 6. The molecule has 2 rings (SSSR count). The minimum Gasteiger partial charge on any atom is -0.243 e. The van der Waals surface area contributed by atoms with Crippen LogP contribution < -0.4 is 0 Å². The lowest BCUT2D eigenvalue weighted by atomic mass is 10.1. The molecule has 6 nitrogen and oxygen atoms in total. The Morgan fingerprint density at radius 2 is 1.56 bits per heavy atom. The van der Waals surface area contributed by atoms with Crippen molar-refractivity contribution >= 4 is 11.7 Å². The molecule has 0 saturated heterocycles. The molecule has 0 N–H and O–H groups in total. The molecule has 6 heteroatoms. The molecule has 0 aromatic carbocycles. The molecule has 2 aliphatic rings. The van der Waals surface area contributed by atoms with Crippen molar-refractivity contribution < 1.29 is 0 Å². The van der Waals surface area contributed by atoms with Crippen LogP contribution in [-0.4, -0.2) is 25.0 Å². The molecule has 2 aliphatic heterocycles. The first kappa shape index (κ1) is 16.5. The Bertz CT molecular complexity index is 352. The monoisotopic (exact) mass is 252 g/mol. The smallest absolute Gasteiger partial charge is 0.152 e. The van der Waals surface area contributed by atoms with Gasteiger partial charge in [0, 0.05) is 12.3 Å². The van der Waals surface area contributed by atoms with Gasteiger partial charge in [-0.2, -0.15) is 10.2 Å². The zero-order valence-electron chi connectivity index (χ0n) is 11.0. The second-order valence-electron chi connectivity index (χ2n) is 4.61. The fraction of sp³-hybridized carbons (Fsp3) is 0.833. The molecule has 0 unspecified atom stereocenters. The van der Waals surface area contributed by atoms with Crippen molar-refractivity contribution in [3.05, 3.63) is 0 Å². The van der Waals surface area contributed by atoms with Crippen LogP contribution in [0.5, 0.6) is 0 Å². The summed E-state index contributed by atoms with van der Waals surface area (Å²) in [6.07, 6.45) is 0.962. The van der Waals surface area contributed by atoms with Crippen LogP contribution in [0.15, 0.2) is 30.4 Å². The normalized spacial score (nSPS) is 16.3. The van der Waals surface area contributed by atoms with Gasteiger partial charge in [0.25, 0.3) is 0 Å². The van der Waals surface area contributed by atoms with Gasteiger partial charge in [-0.3, -0.25) is 0 Å². The van der Waals surface area contributed by atoms with Crippen LogP contribution in [0.4, 0.5) is 0 Å². The van der Waals surface area contributed by atoms with E-state index in [1.807, 2.05) is 0 Å². The van der Waals surface area contributed by atoms with E-state index in [4.69, 9.17) is 0 Å². The first-order valence-electron chi connectivity index (χ1n) is 5.92. The SMILES string of the molecule is C.CC(C)C1=NCN=N1.CC(C)CC1=NCN=N1. The summed E-state index contributed by atoms with van der Waals surface area (Å²) in [6.45, 7) is 9.49. The highest BCUT2D eigenvalue weighted by Crippen LogP contribution is 2.06. The van der Waals surface area contributed by atoms with Crippen molar-refractivity contribution in [1.29, 1.82) is 0 Å². The Hall–Kier alpha value is -1.46. The van der Waals surface area contributed by atoms with Gasteiger partial charge in [0.1, 0.15) is 11.7 Å². The quantitative estimate of drug-likeness (QED) is 0.729. The lowest BCUT2D eigenvalue weighted by molar-refractivity contribution is 0.681. The van der Waals surface area contributed by atoms with Crippen LogP contribution >= 0.6 is 0 Å². The van der Waals surface area contributed by atoms with E-state index in [2.05, 4.69) is 58.1 Å². The van der Waals surface area contributed by atoms with Gasteiger partial charge in [-0.05, 0) is 5.92 Å². The van der Waals surface area contributed by atoms with E-state index in [1.54, 1.807) is 0 Å². The Balaban J connectivity index is 0.000000306. The second kappa shape index (κ2) is 8.60. The minimum absolute atomic E-state index is 0. The third-order valence-electron chi connectivity index (χ3n) is 2.08. The number of hydrogen-bond acceptors (Lipinski definition) is 6. The fourth-order valence-corrected chi connectivity index (χ4v) is 1.27. The Labute approximate surface area is 109 Å². The molecule has 0 radical (unpaired) electrons. The van der Waals surface area contributed by atoms with E-state index in [-0.39, 0.29) is 7.43 Å². The minimum atomic E-state index is 0. The second-order valence-corrected chi connectivity index (χ2v) is 4.61. The lowest BCUT2D eigenvalue weighted by Crippen LogP contribution is -1.99. The molecule has 0 aromatic rings. The Morgan fingerprint density at radius 1 is 0.944 bits per heavy atom. The maximum atomic E-state index is 4.06. The van der Waals surface area contributed by atoms with Crippen molar-refractivity contribution in [3.63, 3.8) is 0 Å². The number of rotatable bonds is 3. The van der Waals surface area contributed by atoms with Crippen molar-refractivity contribution in [3.8, 4) is 0 Å². The first-order chi connectivity index (χ1) is 8.09. The zero-order chi connectivity index (χ0) is 12.7. The molecule has 0 spiro atoms. The van der Waals surface area contributed by atoms with Gasteiger partial charge in [0.15, 0.2) is 13.3 Å². The van der Waals surface area contributed by atoms with Gasteiger partial charge in [-0.15, -0.1) is 10.2 Å². The summed E-state index contributed by atoms with van der Waals surface area (Å²) in [5.74, 6) is 2.86. The number of azo groups is 2. The molecule has 0 fully saturated rings. The van der Waals surface area contributed by atoms with E-state index in [9.17, 15) is 0 Å². The molecule has 0 bridgehead atoms. The fourth-order valence-electron chi connectivity index (χ4n) is 1.27. The predicted octanol–water partition coefficient (Wildman–Crippen LogP) is 3.95. The number of hydrogen-bond donors (Lipinski definition) is 0. The van der Waals surface area contributed by atoms with Gasteiger partial charge in [0.05, 0.1) is 0 Å². The average molecular weight is 252 g/mol. The van der Waals surface area contributed by atoms with Crippen molar-refractivity contribution in [1.82, 2.24) is 0 Å². The highest BCUT2D eigenvalue weighted by atomic mass is 15.3. The molecule has 18 heavy (non-hydrogen) atoms. The van der Waals surface area contributed by atoms with Crippen LogP contribution in [0.25, 0.3) is 0 Å². The standard InChI is InChI=1S/C6H11N3.C5H9N3.CH4/c1-5(2)3-6-7-4-8-9-6;1-4(2)5-6-3-7-8-5;/h5H,3-4H2,1-2H3;4H,3H2,1-2H3;1H4. The van der Waals surface area contributed by atoms with Crippen LogP contribution in [0.2, 0.25) is 0 Å². The van der Waals surface area contributed by atoms with Gasteiger partial charge in [0.2, 0.25) is 0 Å². The molecule has 0 saturated carbocycles. The maximum absolute atomic E-state index is 4.06. The zero-order valence-corrected chi connectivity index (χ0v) is 11.0. The Morgan fingerprint density at radius 3 is 1.89 bits per heavy atom. The summed E-state index contributed by atoms with van der Waals surface area (Å²) in [4.78, 5) is 8.08. The number of aliphatic imine (C=N–C) groups is 2. The van der Waals surface area contributed by atoms with E-state index in [0.29, 0.717) is 25.2 Å². The molecular formula is C12H24N6. The van der Waals surface area contributed by atoms with Crippen molar-refractivity contribution in [2.75, 3.05) is 13.3 Å². The third-order valence-corrected chi connectivity index (χ3v) is 2.08. The summed E-state index contributed by atoms with van der Waals surface area (Å²) >= 11 is 0. The molecular weight excluding hydrogens is 228 g/mol. The summed E-state index contributed by atoms with van der Waals surface area (Å²) in [5, 5.41) is 15.1. The van der Waals surface area contributed by atoms with Crippen molar-refractivity contribution in [2.45, 2.75) is 41.5 Å². The highest BCUT2D eigenvalue weighted by molar-refractivity contribution is 5.85. The van der Waals surface area contributed by atoms with E-state index in [0.717, 1.165) is 18.1 Å². The first-order valence-corrected chi connectivity index (χ1v) is 5.92. The predicted molar refractivity (Wildman–Crippen MR) is 75.3 cm³/mol. The van der Waals surface area contributed by atoms with E-state index < -0.39 is 0 Å². The van der Waals surface area contributed by atoms with Crippen LogP contribution in [-0.2, 0) is 0 Å². The van der Waals surface area contributed by atoms with Crippen LogP contribution in [0.1, 0.15) is 41.5 Å². The van der Waals surface area contributed by atoms with Gasteiger partial charge in [-0.25, -0.2) is 9.98 Å². The van der Waals surface area contributed by atoms with E-state index >= 15 is 0 Å². The molecule has 0 amide bonds. The highest BCUT2D eigenvalue weighted by Gasteiger charge is 2.05. The summed E-state index contributed by atoms with van der Waals surface area (Å²) < 4.78 is 0. The molecule has 102 valence electrons. The number of amidine groups is 2. The van der Waals surface area contributed by atoms with Gasteiger partial charge in [-0.1, -0.05) is 35.1 Å². The lowest BCUT2D eigenvalue weighted by Gasteiger charge is -1.97. The summed E-state index contributed by atoms with van der Waals surface area (Å²) in [7, 11) is 0. The van der Waals surface area contributed by atoms with Crippen LogP contribution in [0, 0.1) is 11.8 Å². The van der Waals surface area contributed by atoms with E-state index in [1.165, 1.54) is 0 Å².